The van der Waals surface area contributed by atoms with Crippen LogP contribution in [0.4, 0.5) is 0 Å². The van der Waals surface area contributed by atoms with E-state index in [2.05, 4.69) is 34.4 Å². The van der Waals surface area contributed by atoms with Crippen LogP contribution in [0.2, 0.25) is 0 Å². The molecule has 2 aliphatic rings. The van der Waals surface area contributed by atoms with E-state index in [1.54, 1.807) is 11.6 Å². The Balaban J connectivity index is 1.59. The van der Waals surface area contributed by atoms with Gasteiger partial charge in [-0.1, -0.05) is 30.3 Å². The summed E-state index contributed by atoms with van der Waals surface area (Å²) >= 11 is 1.24. The van der Waals surface area contributed by atoms with Crippen LogP contribution in [0.25, 0.3) is 22.5 Å². The van der Waals surface area contributed by atoms with Crippen molar-refractivity contribution in [3.05, 3.63) is 72.1 Å². The maximum atomic E-state index is 12.4. The second kappa shape index (κ2) is 6.07. The predicted molar refractivity (Wildman–Crippen MR) is 109 cm³/mol. The Labute approximate surface area is 159 Å². The Morgan fingerprint density at radius 3 is 2.78 bits per heavy atom. The molecule has 0 atom stereocenters. The van der Waals surface area contributed by atoms with Gasteiger partial charge in [-0.25, -0.2) is 0 Å². The number of aromatic nitrogens is 1. The zero-order chi connectivity index (χ0) is 18.4. The molecule has 0 spiro atoms. The number of nitrogens with one attached hydrogen (secondary N) is 1. The van der Waals surface area contributed by atoms with Gasteiger partial charge in [-0.15, -0.1) is 0 Å². The number of hydrazone groups is 1. The van der Waals surface area contributed by atoms with E-state index in [1.807, 2.05) is 41.1 Å². The third-order valence-corrected chi connectivity index (χ3v) is 5.15. The van der Waals surface area contributed by atoms with Gasteiger partial charge in [-0.3, -0.25) is 10.2 Å². The largest absolute Gasteiger partial charge is 0.317 e. The molecular formula is C20H13N5OS. The number of carbonyl (C=O) groups is 1. The molecule has 0 bridgehead atoms. The number of benzene rings is 2. The summed E-state index contributed by atoms with van der Waals surface area (Å²) in [7, 11) is 0. The number of nitrogens with zero attached hydrogens (tertiary/aromatic N) is 4. The molecule has 3 aromatic rings. The minimum atomic E-state index is -0.421. The van der Waals surface area contributed by atoms with Crippen molar-refractivity contribution in [1.29, 1.82) is 5.41 Å². The van der Waals surface area contributed by atoms with E-state index in [-0.39, 0.29) is 11.4 Å². The molecule has 5 rings (SSSR count). The number of carbonyl (C=O) groups excluding carboxylic acids is 1. The highest BCUT2D eigenvalue weighted by molar-refractivity contribution is 8.25. The van der Waals surface area contributed by atoms with Crippen LogP contribution in [-0.2, 0) is 4.79 Å². The Bertz CT molecular complexity index is 1200. The highest BCUT2D eigenvalue weighted by Crippen LogP contribution is 2.26. The standard InChI is InChI=1S/C20H13N5OS/c21-18-17(19(26)23-20-25(18)22-12-27-20)11-15-6-3-9-24(15)16-8-7-13-4-1-2-5-14(13)10-16/h1-12,21H/b17-11+,21-18?. The van der Waals surface area contributed by atoms with Crippen molar-refractivity contribution >= 4 is 51.1 Å². The second-order valence-electron chi connectivity index (χ2n) is 6.09. The van der Waals surface area contributed by atoms with Gasteiger partial charge in [-0.2, -0.15) is 15.1 Å². The first-order valence-corrected chi connectivity index (χ1v) is 9.18. The predicted octanol–water partition coefficient (Wildman–Crippen LogP) is 3.88. The van der Waals surface area contributed by atoms with Crippen molar-refractivity contribution < 1.29 is 4.79 Å². The summed E-state index contributed by atoms with van der Waals surface area (Å²) in [4.78, 5) is 16.4. The third-order valence-electron chi connectivity index (χ3n) is 4.48. The quantitative estimate of drug-likeness (QED) is 0.695. The summed E-state index contributed by atoms with van der Waals surface area (Å²) in [6, 6.07) is 18.2. The molecule has 2 aromatic carbocycles. The fourth-order valence-corrected chi connectivity index (χ4v) is 3.77. The number of rotatable bonds is 2. The lowest BCUT2D eigenvalue weighted by atomic mass is 10.1. The Morgan fingerprint density at radius 2 is 1.89 bits per heavy atom. The number of thioether (sulfide) groups is 1. The Morgan fingerprint density at radius 1 is 1.04 bits per heavy atom. The van der Waals surface area contributed by atoms with Crippen molar-refractivity contribution in [3.63, 3.8) is 0 Å². The van der Waals surface area contributed by atoms with Crippen molar-refractivity contribution in [2.45, 2.75) is 0 Å². The minimum absolute atomic E-state index is 0.0394. The third kappa shape index (κ3) is 2.60. The molecule has 0 saturated carbocycles. The van der Waals surface area contributed by atoms with Crippen molar-refractivity contribution in [2.24, 2.45) is 10.1 Å². The molecule has 2 aliphatic heterocycles. The van der Waals surface area contributed by atoms with E-state index in [9.17, 15) is 4.79 Å². The van der Waals surface area contributed by atoms with Crippen molar-refractivity contribution in [3.8, 4) is 5.69 Å². The van der Waals surface area contributed by atoms with Crippen LogP contribution < -0.4 is 0 Å². The highest BCUT2D eigenvalue weighted by Gasteiger charge is 2.32. The van der Waals surface area contributed by atoms with Crippen LogP contribution in [0.5, 0.6) is 0 Å². The number of hydrogen-bond acceptors (Lipinski definition) is 4. The Kier molecular flexibility index (Phi) is 3.54. The molecule has 7 heteroatoms. The molecule has 3 heterocycles. The van der Waals surface area contributed by atoms with E-state index < -0.39 is 5.91 Å². The van der Waals surface area contributed by atoms with Gasteiger partial charge in [0.05, 0.1) is 11.1 Å². The van der Waals surface area contributed by atoms with E-state index >= 15 is 0 Å². The van der Waals surface area contributed by atoms with Gasteiger partial charge in [0, 0.05) is 17.6 Å². The molecule has 1 N–H and O–H groups in total. The van der Waals surface area contributed by atoms with Gasteiger partial charge in [0.2, 0.25) is 0 Å². The van der Waals surface area contributed by atoms with Crippen LogP contribution in [0.15, 0.2) is 76.5 Å². The lowest BCUT2D eigenvalue weighted by Gasteiger charge is -2.20. The molecule has 0 aliphatic carbocycles. The van der Waals surface area contributed by atoms with Crippen LogP contribution in [0.1, 0.15) is 5.69 Å². The van der Waals surface area contributed by atoms with Crippen molar-refractivity contribution in [2.75, 3.05) is 0 Å². The van der Waals surface area contributed by atoms with Gasteiger partial charge in [0.15, 0.2) is 11.0 Å². The second-order valence-corrected chi connectivity index (χ2v) is 6.90. The molecule has 1 aromatic heterocycles. The van der Waals surface area contributed by atoms with Crippen LogP contribution in [0.3, 0.4) is 0 Å². The van der Waals surface area contributed by atoms with Gasteiger partial charge >= 0.3 is 0 Å². The molecule has 27 heavy (non-hydrogen) atoms. The van der Waals surface area contributed by atoms with E-state index in [1.165, 1.54) is 22.2 Å². The summed E-state index contributed by atoms with van der Waals surface area (Å²) in [6.07, 6.45) is 3.63. The summed E-state index contributed by atoms with van der Waals surface area (Å²) in [5.74, 6) is -0.381. The molecule has 0 saturated heterocycles. The maximum absolute atomic E-state index is 12.4. The van der Waals surface area contributed by atoms with Gasteiger partial charge < -0.3 is 4.57 Å². The molecule has 6 nitrogen and oxygen atoms in total. The molecule has 0 unspecified atom stereocenters. The van der Waals surface area contributed by atoms with E-state index in [0.717, 1.165) is 16.8 Å². The lowest BCUT2D eigenvalue weighted by Crippen LogP contribution is -2.35. The number of fused-ring (bicyclic) bond motifs is 2. The topological polar surface area (TPSA) is 73.8 Å². The molecule has 1 amide bonds. The number of aliphatic imine (C=N–C) groups is 1. The van der Waals surface area contributed by atoms with Gasteiger partial charge in [0.25, 0.3) is 5.91 Å². The molecular weight excluding hydrogens is 358 g/mol. The highest BCUT2D eigenvalue weighted by atomic mass is 32.2. The average Bonchev–Trinajstić information content (AvgIpc) is 3.34. The smallest absolute Gasteiger partial charge is 0.283 e. The zero-order valence-electron chi connectivity index (χ0n) is 14.0. The number of hydrogen-bond donors (Lipinski definition) is 1. The van der Waals surface area contributed by atoms with E-state index in [4.69, 9.17) is 5.41 Å². The summed E-state index contributed by atoms with van der Waals surface area (Å²) in [5.41, 5.74) is 3.58. The van der Waals surface area contributed by atoms with Crippen LogP contribution in [-0.4, -0.2) is 32.0 Å². The summed E-state index contributed by atoms with van der Waals surface area (Å²) < 4.78 is 1.99. The fraction of sp³-hybridized carbons (Fsp3) is 0. The van der Waals surface area contributed by atoms with Gasteiger partial charge in [-0.05, 0) is 52.9 Å². The number of amides is 1. The summed E-state index contributed by atoms with van der Waals surface area (Å²) in [5, 5.41) is 16.5. The monoisotopic (exact) mass is 371 g/mol. The van der Waals surface area contributed by atoms with E-state index in [0.29, 0.717) is 5.17 Å². The van der Waals surface area contributed by atoms with Crippen LogP contribution >= 0.6 is 11.8 Å². The zero-order valence-corrected chi connectivity index (χ0v) is 14.9. The lowest BCUT2D eigenvalue weighted by molar-refractivity contribution is -0.114. The molecule has 130 valence electrons. The normalized spacial score (nSPS) is 17.7. The summed E-state index contributed by atoms with van der Waals surface area (Å²) in [6.45, 7) is 0. The van der Waals surface area contributed by atoms with Gasteiger partial charge in [0.1, 0.15) is 0 Å². The first kappa shape index (κ1) is 15.8. The maximum Gasteiger partial charge on any atom is 0.283 e. The first-order chi connectivity index (χ1) is 13.2. The molecule has 0 radical (unpaired) electrons. The number of amidine groups is 2. The SMILES string of the molecule is N=C1/C(=C\c2cccn2-c2ccc3ccccc3c2)C(=O)N=C2SC=NN12. The molecule has 0 fully saturated rings. The Hall–Kier alpha value is -3.45. The average molecular weight is 371 g/mol. The van der Waals surface area contributed by atoms with Crippen LogP contribution in [0, 0.1) is 5.41 Å². The minimum Gasteiger partial charge on any atom is -0.317 e. The van der Waals surface area contributed by atoms with Crippen molar-refractivity contribution in [1.82, 2.24) is 9.58 Å². The fourth-order valence-electron chi connectivity index (χ4n) is 3.16. The first-order valence-electron chi connectivity index (χ1n) is 8.30.